The highest BCUT2D eigenvalue weighted by Crippen LogP contribution is 2.31. The van der Waals surface area contributed by atoms with Crippen molar-refractivity contribution in [2.24, 2.45) is 0 Å². The highest BCUT2D eigenvalue weighted by molar-refractivity contribution is 6.12. The van der Waals surface area contributed by atoms with Crippen LogP contribution >= 0.6 is 0 Å². The lowest BCUT2D eigenvalue weighted by Crippen LogP contribution is -2.13. The predicted molar refractivity (Wildman–Crippen MR) is 139 cm³/mol. The van der Waals surface area contributed by atoms with Crippen molar-refractivity contribution >= 4 is 33.9 Å². The van der Waals surface area contributed by atoms with Crippen LogP contribution in [0.4, 0.5) is 5.69 Å². The van der Waals surface area contributed by atoms with E-state index in [0.717, 1.165) is 17.5 Å². The molecule has 35 heavy (non-hydrogen) atoms. The first-order valence-corrected chi connectivity index (χ1v) is 11.4. The van der Waals surface area contributed by atoms with E-state index < -0.39 is 5.97 Å². The van der Waals surface area contributed by atoms with E-state index in [-0.39, 0.29) is 17.0 Å². The molecule has 1 aliphatic rings. The van der Waals surface area contributed by atoms with Gasteiger partial charge in [0.15, 0.2) is 5.43 Å². The second-order valence-electron chi connectivity index (χ2n) is 8.34. The summed E-state index contributed by atoms with van der Waals surface area (Å²) in [5.41, 5.74) is 4.40. The van der Waals surface area contributed by atoms with Crippen LogP contribution in [0.3, 0.4) is 0 Å². The van der Waals surface area contributed by atoms with Gasteiger partial charge >= 0.3 is 5.97 Å². The molecule has 0 bridgehead atoms. The Morgan fingerprint density at radius 1 is 1.20 bits per heavy atom. The Morgan fingerprint density at radius 2 is 1.97 bits per heavy atom. The number of aryl methyl sites for hydroxylation is 1. The van der Waals surface area contributed by atoms with Gasteiger partial charge in [-0.2, -0.15) is 0 Å². The molecule has 4 rings (SSSR count). The third-order valence-electron chi connectivity index (χ3n) is 5.96. The van der Waals surface area contributed by atoms with Crippen molar-refractivity contribution in [3.05, 3.63) is 105 Å². The fraction of sp³-hybridized carbons (Fsp3) is 0.179. The van der Waals surface area contributed by atoms with Crippen molar-refractivity contribution < 1.29 is 14.3 Å². The van der Waals surface area contributed by atoms with Crippen LogP contribution in [0, 0.1) is 5.41 Å². The number of allylic oxidation sites excluding steroid dienone is 5. The number of para-hydroxylation sites is 1. The van der Waals surface area contributed by atoms with E-state index in [4.69, 9.17) is 9.83 Å². The Balaban J connectivity index is 1.85. The topological polar surface area (TPSA) is 115 Å². The number of hydrogen-bond acceptors (Lipinski definition) is 6. The minimum Gasteiger partial charge on any atom is -0.478 e. The highest BCUT2D eigenvalue weighted by Gasteiger charge is 2.20. The van der Waals surface area contributed by atoms with Crippen molar-refractivity contribution in [2.75, 3.05) is 12.4 Å². The molecule has 1 atom stereocenters. The first-order chi connectivity index (χ1) is 16.8. The molecular formula is C28H27N3O4. The monoisotopic (exact) mass is 469 g/mol. The largest absolute Gasteiger partial charge is 0.478 e. The number of aromatic carboxylic acids is 1. The fourth-order valence-corrected chi connectivity index (χ4v) is 4.11. The lowest BCUT2D eigenvalue weighted by Gasteiger charge is -2.20. The lowest BCUT2D eigenvalue weighted by atomic mass is 9.97. The van der Waals surface area contributed by atoms with Gasteiger partial charge in [0.05, 0.1) is 22.7 Å². The number of rotatable bonds is 7. The number of carboxylic acids is 1. The molecule has 2 aromatic carbocycles. The zero-order valence-electron chi connectivity index (χ0n) is 19.8. The maximum absolute atomic E-state index is 13.2. The zero-order valence-corrected chi connectivity index (χ0v) is 19.8. The summed E-state index contributed by atoms with van der Waals surface area (Å²) >= 11 is 0. The molecule has 4 N–H and O–H groups in total. The van der Waals surface area contributed by atoms with E-state index in [1.165, 1.54) is 6.07 Å². The third kappa shape index (κ3) is 4.80. The Hall–Kier alpha value is -4.39. The molecule has 3 aromatic rings. The van der Waals surface area contributed by atoms with Crippen LogP contribution in [-0.2, 0) is 6.42 Å². The first-order valence-electron chi connectivity index (χ1n) is 11.4. The summed E-state index contributed by atoms with van der Waals surface area (Å²) < 4.78 is 6.32. The van der Waals surface area contributed by atoms with Crippen LogP contribution in [0.5, 0.6) is 0 Å². The number of hydrogen-bond donors (Lipinski definition) is 4. The van der Waals surface area contributed by atoms with E-state index in [9.17, 15) is 14.7 Å². The summed E-state index contributed by atoms with van der Waals surface area (Å²) in [5, 5.41) is 24.3. The van der Waals surface area contributed by atoms with E-state index in [2.05, 4.69) is 10.6 Å². The quantitative estimate of drug-likeness (QED) is 0.373. The smallest absolute Gasteiger partial charge is 0.337 e. The molecule has 7 heteroatoms. The molecule has 0 fully saturated rings. The summed E-state index contributed by atoms with van der Waals surface area (Å²) in [5.74, 6) is -0.620. The van der Waals surface area contributed by atoms with E-state index in [1.54, 1.807) is 55.7 Å². The van der Waals surface area contributed by atoms with Crippen LogP contribution in [0.25, 0.3) is 16.5 Å². The third-order valence-corrected chi connectivity index (χ3v) is 5.96. The van der Waals surface area contributed by atoms with Gasteiger partial charge in [-0.25, -0.2) is 4.79 Å². The van der Waals surface area contributed by atoms with Crippen molar-refractivity contribution in [1.29, 1.82) is 5.41 Å². The standard InChI is InChI=1S/C28H27N3O4/c1-4-17-11-21(16(2)31-24-8-6-5-7-20(24)28(33)34)27-22(12-17)25(32)14-26(35-27)18-9-10-23(29)19(13-18)15-30-3/h5-16,29-31H,4H2,1-3H3,(H,33,34)/b19-15-,29-23?. The van der Waals surface area contributed by atoms with Crippen LogP contribution in [-0.4, -0.2) is 23.8 Å². The summed E-state index contributed by atoms with van der Waals surface area (Å²) in [6.07, 6.45) is 7.67. The summed E-state index contributed by atoms with van der Waals surface area (Å²) in [4.78, 5) is 24.9. The van der Waals surface area contributed by atoms with Gasteiger partial charge in [-0.05, 0) is 61.4 Å². The van der Waals surface area contributed by atoms with Crippen molar-refractivity contribution in [1.82, 2.24) is 5.32 Å². The van der Waals surface area contributed by atoms with E-state index in [0.29, 0.717) is 39.3 Å². The average Bonchev–Trinajstić information content (AvgIpc) is 2.85. The van der Waals surface area contributed by atoms with Crippen LogP contribution in [0.2, 0.25) is 0 Å². The second-order valence-corrected chi connectivity index (χ2v) is 8.34. The number of benzene rings is 2. The second kappa shape index (κ2) is 9.85. The molecule has 7 nitrogen and oxygen atoms in total. The summed E-state index contributed by atoms with van der Waals surface area (Å²) in [6.45, 7) is 3.93. The SMILES string of the molecule is CCc1cc(C(C)Nc2ccccc2C(=O)O)c2oc(C3=C/C(=C/NC)C(=N)C=C3)cc(=O)c2c1. The van der Waals surface area contributed by atoms with Crippen LogP contribution < -0.4 is 16.1 Å². The molecular weight excluding hydrogens is 442 g/mol. The van der Waals surface area contributed by atoms with Gasteiger partial charge in [0.2, 0.25) is 0 Å². The molecule has 1 aromatic heterocycles. The number of anilines is 1. The number of nitrogens with one attached hydrogen (secondary N) is 3. The fourth-order valence-electron chi connectivity index (χ4n) is 4.11. The molecule has 1 heterocycles. The molecule has 0 saturated carbocycles. The van der Waals surface area contributed by atoms with Crippen LogP contribution in [0.1, 0.15) is 47.1 Å². The van der Waals surface area contributed by atoms with Gasteiger partial charge in [0.1, 0.15) is 11.3 Å². The predicted octanol–water partition coefficient (Wildman–Crippen LogP) is 5.30. The van der Waals surface area contributed by atoms with Crippen molar-refractivity contribution in [2.45, 2.75) is 26.3 Å². The lowest BCUT2D eigenvalue weighted by molar-refractivity contribution is 0.0698. The highest BCUT2D eigenvalue weighted by atomic mass is 16.4. The molecule has 0 spiro atoms. The van der Waals surface area contributed by atoms with Crippen molar-refractivity contribution in [3.8, 4) is 0 Å². The van der Waals surface area contributed by atoms with Gasteiger partial charge < -0.3 is 25.6 Å². The van der Waals surface area contributed by atoms with Gasteiger partial charge in [-0.1, -0.05) is 19.1 Å². The molecule has 1 aliphatic carbocycles. The number of carbonyl (C=O) groups is 1. The maximum Gasteiger partial charge on any atom is 0.337 e. The molecule has 178 valence electrons. The van der Waals surface area contributed by atoms with Crippen molar-refractivity contribution in [3.63, 3.8) is 0 Å². The Labute approximate surface area is 203 Å². The average molecular weight is 470 g/mol. The summed E-state index contributed by atoms with van der Waals surface area (Å²) in [7, 11) is 1.76. The number of carboxylic acid groups (broad SMARTS) is 1. The molecule has 0 aliphatic heterocycles. The molecule has 0 amide bonds. The first kappa shape index (κ1) is 23.8. The van der Waals surface area contributed by atoms with E-state index in [1.807, 2.05) is 26.0 Å². The number of fused-ring (bicyclic) bond motifs is 1. The maximum atomic E-state index is 13.2. The zero-order chi connectivity index (χ0) is 25.1. The normalized spacial score (nSPS) is 15.2. The minimum atomic E-state index is -1.02. The molecule has 0 radical (unpaired) electrons. The van der Waals surface area contributed by atoms with Crippen LogP contribution in [0.15, 0.2) is 81.7 Å². The Morgan fingerprint density at radius 3 is 2.69 bits per heavy atom. The Bertz CT molecular complexity index is 1480. The molecule has 1 unspecified atom stereocenters. The van der Waals surface area contributed by atoms with Gasteiger partial charge in [-0.3, -0.25) is 4.79 Å². The Kier molecular flexibility index (Phi) is 6.68. The van der Waals surface area contributed by atoms with Gasteiger partial charge in [0, 0.05) is 41.7 Å². The van der Waals surface area contributed by atoms with E-state index >= 15 is 0 Å². The van der Waals surface area contributed by atoms with Gasteiger partial charge in [0.25, 0.3) is 0 Å². The summed E-state index contributed by atoms with van der Waals surface area (Å²) in [6, 6.07) is 11.7. The molecule has 0 saturated heterocycles. The van der Waals surface area contributed by atoms with Gasteiger partial charge in [-0.15, -0.1) is 0 Å². The minimum absolute atomic E-state index is 0.162.